The van der Waals surface area contributed by atoms with E-state index in [2.05, 4.69) is 22.6 Å². The zero-order valence-electron chi connectivity index (χ0n) is 14.3. The molecule has 1 aromatic heterocycles. The van der Waals surface area contributed by atoms with Gasteiger partial charge in [-0.15, -0.1) is 11.3 Å². The molecule has 132 valence electrons. The van der Waals surface area contributed by atoms with E-state index < -0.39 is 6.17 Å². The third-order valence-electron chi connectivity index (χ3n) is 4.67. The molecular weight excluding hydrogens is 338 g/mol. The minimum atomic E-state index is -0.474. The van der Waals surface area contributed by atoms with Crippen LogP contribution in [0, 0.1) is 0 Å². The van der Waals surface area contributed by atoms with Crippen molar-refractivity contribution in [2.75, 3.05) is 25.5 Å². The second-order valence-electron chi connectivity index (χ2n) is 6.37. The highest BCUT2D eigenvalue weighted by Crippen LogP contribution is 2.42. The van der Waals surface area contributed by atoms with E-state index in [0.29, 0.717) is 17.9 Å². The second-order valence-corrected chi connectivity index (χ2v) is 7.48. The third kappa shape index (κ3) is 2.73. The van der Waals surface area contributed by atoms with E-state index in [4.69, 9.17) is 4.74 Å². The van der Waals surface area contributed by atoms with E-state index in [1.165, 1.54) is 4.88 Å². The van der Waals surface area contributed by atoms with Crippen LogP contribution in [0.15, 0.2) is 18.2 Å². The number of thiophene rings is 1. The number of anilines is 1. The fourth-order valence-electron chi connectivity index (χ4n) is 3.44. The number of fused-ring (bicyclic) bond motifs is 3. The number of benzene rings is 1. The first-order chi connectivity index (χ1) is 12.1. The number of likely N-dealkylation sites (N-methyl/N-ethyl adjacent to an activating group) is 1. The van der Waals surface area contributed by atoms with Crippen molar-refractivity contribution in [1.29, 1.82) is 0 Å². The van der Waals surface area contributed by atoms with Crippen LogP contribution in [0.2, 0.25) is 0 Å². The molecule has 0 radical (unpaired) electrons. The molecule has 6 nitrogen and oxygen atoms in total. The first-order valence-electron chi connectivity index (χ1n) is 8.43. The number of phenolic OH excluding ortho intramolecular Hbond substituents is 1. The monoisotopic (exact) mass is 359 g/mol. The molecule has 2 aliphatic rings. The van der Waals surface area contributed by atoms with Gasteiger partial charge in [-0.1, -0.05) is 12.1 Å². The third-order valence-corrected chi connectivity index (χ3v) is 5.81. The Bertz CT molecular complexity index is 833. The Hall–Kier alpha value is -2.25. The first-order valence-corrected chi connectivity index (χ1v) is 9.25. The van der Waals surface area contributed by atoms with Crippen molar-refractivity contribution in [1.82, 2.24) is 10.2 Å². The summed E-state index contributed by atoms with van der Waals surface area (Å²) >= 11 is 1.64. The molecule has 0 bridgehead atoms. The predicted molar refractivity (Wildman–Crippen MR) is 97.5 cm³/mol. The number of amides is 1. The summed E-state index contributed by atoms with van der Waals surface area (Å²) in [7, 11) is 2.09. The summed E-state index contributed by atoms with van der Waals surface area (Å²) in [5.41, 5.74) is 2.53. The molecule has 4 rings (SSSR count). The van der Waals surface area contributed by atoms with Crippen molar-refractivity contribution in [3.05, 3.63) is 39.8 Å². The van der Waals surface area contributed by atoms with E-state index in [9.17, 15) is 9.90 Å². The van der Waals surface area contributed by atoms with Gasteiger partial charge in [0, 0.05) is 23.5 Å². The Labute approximate surface area is 150 Å². The Kier molecular flexibility index (Phi) is 4.05. The molecule has 0 saturated heterocycles. The quantitative estimate of drug-likeness (QED) is 0.786. The highest BCUT2D eigenvalue weighted by atomic mass is 32.1. The van der Waals surface area contributed by atoms with Gasteiger partial charge in [-0.3, -0.25) is 4.79 Å². The number of ether oxygens (including phenoxy) is 1. The number of nitrogens with one attached hydrogen (secondary N) is 2. The molecule has 25 heavy (non-hydrogen) atoms. The lowest BCUT2D eigenvalue weighted by molar-refractivity contribution is 0.0934. The molecule has 3 N–H and O–H groups in total. The Morgan fingerprint density at radius 1 is 1.40 bits per heavy atom. The molecule has 0 fully saturated rings. The topological polar surface area (TPSA) is 73.8 Å². The van der Waals surface area contributed by atoms with Crippen LogP contribution in [-0.4, -0.2) is 36.1 Å². The molecule has 1 atom stereocenters. The standard InChI is InChI=1S/C18H21N3O3S/c1-3-24-12-6-4-5-11(15(12)22)16-19-17(23)14-10-7-8-21(2)9-13(10)25-18(14)20-16/h4-6,16,20,22H,3,7-9H2,1-2H3,(H,19,23)/t16-/m0/s1. The summed E-state index contributed by atoms with van der Waals surface area (Å²) in [5, 5.41) is 17.7. The largest absolute Gasteiger partial charge is 0.504 e. The van der Waals surface area contributed by atoms with Gasteiger partial charge in [0.2, 0.25) is 0 Å². The van der Waals surface area contributed by atoms with Gasteiger partial charge < -0.3 is 25.4 Å². The van der Waals surface area contributed by atoms with Gasteiger partial charge in [0.15, 0.2) is 11.5 Å². The summed E-state index contributed by atoms with van der Waals surface area (Å²) in [5.74, 6) is 0.405. The number of rotatable bonds is 3. The van der Waals surface area contributed by atoms with Crippen LogP contribution in [-0.2, 0) is 13.0 Å². The van der Waals surface area contributed by atoms with Gasteiger partial charge in [0.05, 0.1) is 12.2 Å². The highest BCUT2D eigenvalue weighted by Gasteiger charge is 2.33. The number of hydrogen-bond donors (Lipinski definition) is 3. The Morgan fingerprint density at radius 2 is 2.24 bits per heavy atom. The van der Waals surface area contributed by atoms with Crippen LogP contribution in [0.5, 0.6) is 11.5 Å². The SMILES string of the molecule is CCOc1cccc([C@H]2NC(=O)c3c(sc4c3CCN(C)C4)N2)c1O. The van der Waals surface area contributed by atoms with Gasteiger partial charge in [-0.2, -0.15) is 0 Å². The smallest absolute Gasteiger partial charge is 0.256 e. The van der Waals surface area contributed by atoms with Crippen LogP contribution >= 0.6 is 11.3 Å². The number of nitrogens with zero attached hydrogens (tertiary/aromatic N) is 1. The maximum absolute atomic E-state index is 12.7. The summed E-state index contributed by atoms with van der Waals surface area (Å²) in [4.78, 5) is 16.2. The number of carbonyl (C=O) groups is 1. The normalized spacial score (nSPS) is 19.6. The lowest BCUT2D eigenvalue weighted by Crippen LogP contribution is -2.38. The fraction of sp³-hybridized carbons (Fsp3) is 0.389. The molecule has 0 spiro atoms. The number of carbonyl (C=O) groups excluding carboxylic acids is 1. The lowest BCUT2D eigenvalue weighted by atomic mass is 10.0. The van der Waals surface area contributed by atoms with E-state index in [1.54, 1.807) is 23.5 Å². The van der Waals surface area contributed by atoms with E-state index in [-0.39, 0.29) is 11.7 Å². The predicted octanol–water partition coefficient (Wildman–Crippen LogP) is 2.69. The number of para-hydroxylation sites is 1. The van der Waals surface area contributed by atoms with Crippen molar-refractivity contribution in [2.45, 2.75) is 26.1 Å². The molecular formula is C18H21N3O3S. The fourth-order valence-corrected chi connectivity index (χ4v) is 4.80. The van der Waals surface area contributed by atoms with Crippen molar-refractivity contribution >= 4 is 22.2 Å². The van der Waals surface area contributed by atoms with E-state index in [0.717, 1.165) is 35.6 Å². The maximum atomic E-state index is 12.7. The zero-order chi connectivity index (χ0) is 17.6. The number of aromatic hydroxyl groups is 1. The van der Waals surface area contributed by atoms with Crippen LogP contribution in [0.4, 0.5) is 5.00 Å². The lowest BCUT2D eigenvalue weighted by Gasteiger charge is -2.28. The number of hydrogen-bond acceptors (Lipinski definition) is 6. The molecule has 2 aliphatic heterocycles. The van der Waals surface area contributed by atoms with Gasteiger partial charge in [-0.05, 0) is 32.0 Å². The first kappa shape index (κ1) is 16.2. The van der Waals surface area contributed by atoms with Crippen molar-refractivity contribution < 1.29 is 14.6 Å². The highest BCUT2D eigenvalue weighted by molar-refractivity contribution is 7.16. The zero-order valence-corrected chi connectivity index (χ0v) is 15.1. The molecule has 0 saturated carbocycles. The van der Waals surface area contributed by atoms with Gasteiger partial charge >= 0.3 is 0 Å². The molecule has 3 heterocycles. The molecule has 0 aliphatic carbocycles. The maximum Gasteiger partial charge on any atom is 0.256 e. The molecule has 7 heteroatoms. The minimum absolute atomic E-state index is 0.0617. The van der Waals surface area contributed by atoms with Crippen LogP contribution < -0.4 is 15.4 Å². The van der Waals surface area contributed by atoms with Gasteiger partial charge in [0.1, 0.15) is 11.2 Å². The number of phenols is 1. The Balaban J connectivity index is 1.69. The summed E-state index contributed by atoms with van der Waals surface area (Å²) in [6, 6.07) is 5.33. The van der Waals surface area contributed by atoms with Crippen molar-refractivity contribution in [2.24, 2.45) is 0 Å². The van der Waals surface area contributed by atoms with Gasteiger partial charge in [-0.25, -0.2) is 0 Å². The summed E-state index contributed by atoms with van der Waals surface area (Å²) < 4.78 is 5.45. The average molecular weight is 359 g/mol. The van der Waals surface area contributed by atoms with Crippen LogP contribution in [0.3, 0.4) is 0 Å². The molecule has 1 aromatic carbocycles. The second kappa shape index (κ2) is 6.24. The average Bonchev–Trinajstić information content (AvgIpc) is 2.94. The molecule has 2 aromatic rings. The summed E-state index contributed by atoms with van der Waals surface area (Å²) in [6.45, 7) is 4.17. The molecule has 1 amide bonds. The van der Waals surface area contributed by atoms with Crippen LogP contribution in [0.25, 0.3) is 0 Å². The summed E-state index contributed by atoms with van der Waals surface area (Å²) in [6.07, 6.45) is 0.418. The van der Waals surface area contributed by atoms with Gasteiger partial charge in [0.25, 0.3) is 5.91 Å². The Morgan fingerprint density at radius 3 is 3.04 bits per heavy atom. The van der Waals surface area contributed by atoms with Crippen LogP contribution in [0.1, 0.15) is 39.5 Å². The molecule has 0 unspecified atom stereocenters. The van der Waals surface area contributed by atoms with E-state index in [1.807, 2.05) is 13.0 Å². The van der Waals surface area contributed by atoms with Crippen molar-refractivity contribution in [3.8, 4) is 11.5 Å². The minimum Gasteiger partial charge on any atom is -0.504 e. The van der Waals surface area contributed by atoms with Crippen molar-refractivity contribution in [3.63, 3.8) is 0 Å². The van der Waals surface area contributed by atoms with E-state index >= 15 is 0 Å².